The molecule has 0 spiro atoms. The fraction of sp³-hybridized carbons (Fsp3) is 0.636. The average Bonchev–Trinajstić information content (AvgIpc) is 2.83. The van der Waals surface area contributed by atoms with Crippen LogP contribution in [-0.2, 0) is 11.8 Å². The fourth-order valence-electron chi connectivity index (χ4n) is 2.04. The third kappa shape index (κ3) is 3.50. The van der Waals surface area contributed by atoms with E-state index in [9.17, 15) is 9.59 Å². The van der Waals surface area contributed by atoms with Gasteiger partial charge in [-0.25, -0.2) is 0 Å². The van der Waals surface area contributed by atoms with Gasteiger partial charge < -0.3 is 10.0 Å². The van der Waals surface area contributed by atoms with Gasteiger partial charge in [0.2, 0.25) is 0 Å². The first kappa shape index (κ1) is 13.5. The summed E-state index contributed by atoms with van der Waals surface area (Å²) in [5.74, 6) is -0.913. The molecule has 0 bridgehead atoms. The van der Waals surface area contributed by atoms with Gasteiger partial charge in [0, 0.05) is 39.8 Å². The molecule has 1 N–H and O–H groups in total. The second kappa shape index (κ2) is 5.79. The predicted molar refractivity (Wildman–Crippen MR) is 65.6 cm³/mol. The van der Waals surface area contributed by atoms with Crippen LogP contribution >= 0.6 is 0 Å². The number of carbonyl (C=O) groups excluding carboxylic acids is 1. The smallest absolute Gasteiger partial charge is 0.304 e. The summed E-state index contributed by atoms with van der Waals surface area (Å²) in [6.07, 6.45) is 1.73. The van der Waals surface area contributed by atoms with E-state index in [1.807, 2.05) is 0 Å². The highest BCUT2D eigenvalue weighted by molar-refractivity contribution is 5.92. The van der Waals surface area contributed by atoms with Crippen LogP contribution in [0.5, 0.6) is 0 Å². The van der Waals surface area contributed by atoms with Crippen molar-refractivity contribution in [2.45, 2.75) is 6.42 Å². The Labute approximate surface area is 110 Å². The SMILES string of the molecule is Cn1cc(C(=O)N2CCN(CCC(=O)O)CC2)nn1. The summed E-state index contributed by atoms with van der Waals surface area (Å²) in [5, 5.41) is 16.2. The Hall–Kier alpha value is -1.96. The van der Waals surface area contributed by atoms with E-state index in [2.05, 4.69) is 15.2 Å². The zero-order chi connectivity index (χ0) is 13.8. The first-order valence-corrected chi connectivity index (χ1v) is 6.16. The van der Waals surface area contributed by atoms with Crippen molar-refractivity contribution in [1.82, 2.24) is 24.8 Å². The number of carbonyl (C=O) groups is 2. The highest BCUT2D eigenvalue weighted by atomic mass is 16.4. The molecule has 1 aliphatic heterocycles. The van der Waals surface area contributed by atoms with E-state index in [-0.39, 0.29) is 12.3 Å². The molecular formula is C11H17N5O3. The molecule has 1 aliphatic rings. The van der Waals surface area contributed by atoms with Crippen LogP contribution in [-0.4, -0.2) is 74.5 Å². The van der Waals surface area contributed by atoms with Gasteiger partial charge in [0.25, 0.3) is 5.91 Å². The summed E-state index contributed by atoms with van der Waals surface area (Å²) < 4.78 is 1.50. The number of hydrogen-bond acceptors (Lipinski definition) is 5. The van der Waals surface area contributed by atoms with Crippen LogP contribution < -0.4 is 0 Å². The monoisotopic (exact) mass is 267 g/mol. The summed E-state index contributed by atoms with van der Waals surface area (Å²) in [7, 11) is 1.72. The summed E-state index contributed by atoms with van der Waals surface area (Å²) in [6, 6.07) is 0. The molecule has 1 amide bonds. The molecule has 0 atom stereocenters. The molecule has 0 radical (unpaired) electrons. The maximum absolute atomic E-state index is 12.1. The van der Waals surface area contributed by atoms with E-state index >= 15 is 0 Å². The molecule has 0 unspecified atom stereocenters. The van der Waals surface area contributed by atoms with Gasteiger partial charge in [-0.3, -0.25) is 19.2 Å². The minimum absolute atomic E-state index is 0.119. The Morgan fingerprint density at radius 2 is 2.00 bits per heavy atom. The Morgan fingerprint density at radius 1 is 1.32 bits per heavy atom. The Balaban J connectivity index is 1.83. The van der Waals surface area contributed by atoms with Crippen molar-refractivity contribution >= 4 is 11.9 Å². The highest BCUT2D eigenvalue weighted by Crippen LogP contribution is 2.06. The van der Waals surface area contributed by atoms with E-state index in [0.29, 0.717) is 38.4 Å². The molecule has 1 saturated heterocycles. The van der Waals surface area contributed by atoms with Gasteiger partial charge in [-0.15, -0.1) is 5.10 Å². The highest BCUT2D eigenvalue weighted by Gasteiger charge is 2.23. The van der Waals surface area contributed by atoms with E-state index < -0.39 is 5.97 Å². The van der Waals surface area contributed by atoms with Gasteiger partial charge in [-0.2, -0.15) is 0 Å². The minimum Gasteiger partial charge on any atom is -0.481 e. The Kier molecular flexibility index (Phi) is 4.10. The molecule has 2 rings (SSSR count). The lowest BCUT2D eigenvalue weighted by Crippen LogP contribution is -2.49. The fourth-order valence-corrected chi connectivity index (χ4v) is 2.04. The number of aryl methyl sites for hydroxylation is 1. The average molecular weight is 267 g/mol. The molecule has 104 valence electrons. The van der Waals surface area contributed by atoms with Gasteiger partial charge >= 0.3 is 5.97 Å². The number of aromatic nitrogens is 3. The van der Waals surface area contributed by atoms with Gasteiger partial charge in [0.15, 0.2) is 5.69 Å². The topological polar surface area (TPSA) is 91.6 Å². The first-order chi connectivity index (χ1) is 9.06. The van der Waals surface area contributed by atoms with Gasteiger partial charge in [0.05, 0.1) is 12.6 Å². The molecule has 1 fully saturated rings. The Morgan fingerprint density at radius 3 is 2.53 bits per heavy atom. The second-order valence-electron chi connectivity index (χ2n) is 4.56. The van der Waals surface area contributed by atoms with E-state index in [1.165, 1.54) is 4.68 Å². The standard InChI is InChI=1S/C11H17N5O3/c1-14-8-9(12-13-14)11(19)16-6-4-15(5-7-16)3-2-10(17)18/h8H,2-7H2,1H3,(H,17,18). The van der Waals surface area contributed by atoms with Crippen LogP contribution in [0.4, 0.5) is 0 Å². The molecule has 0 aliphatic carbocycles. The number of carboxylic acid groups (broad SMARTS) is 1. The first-order valence-electron chi connectivity index (χ1n) is 6.16. The quantitative estimate of drug-likeness (QED) is 0.756. The maximum atomic E-state index is 12.1. The van der Waals surface area contributed by atoms with E-state index in [0.717, 1.165) is 0 Å². The normalized spacial score (nSPS) is 16.6. The predicted octanol–water partition coefficient (Wildman–Crippen LogP) is -0.952. The third-order valence-corrected chi connectivity index (χ3v) is 3.12. The van der Waals surface area contributed by atoms with Crippen molar-refractivity contribution in [3.63, 3.8) is 0 Å². The molecule has 8 heteroatoms. The van der Waals surface area contributed by atoms with Crippen molar-refractivity contribution in [3.8, 4) is 0 Å². The lowest BCUT2D eigenvalue weighted by atomic mass is 10.2. The summed E-state index contributed by atoms with van der Waals surface area (Å²) in [6.45, 7) is 3.10. The molecule has 2 heterocycles. The van der Waals surface area contributed by atoms with Crippen molar-refractivity contribution in [3.05, 3.63) is 11.9 Å². The summed E-state index contributed by atoms with van der Waals surface area (Å²) >= 11 is 0. The zero-order valence-corrected chi connectivity index (χ0v) is 10.8. The summed E-state index contributed by atoms with van der Waals surface area (Å²) in [4.78, 5) is 26.4. The van der Waals surface area contributed by atoms with E-state index in [1.54, 1.807) is 18.1 Å². The number of aliphatic carboxylic acids is 1. The van der Waals surface area contributed by atoms with Crippen LogP contribution in [0.15, 0.2) is 6.20 Å². The van der Waals surface area contributed by atoms with Crippen molar-refractivity contribution in [2.75, 3.05) is 32.7 Å². The number of amides is 1. The largest absolute Gasteiger partial charge is 0.481 e. The number of hydrogen-bond donors (Lipinski definition) is 1. The molecule has 0 aromatic carbocycles. The summed E-state index contributed by atoms with van der Waals surface area (Å²) in [5.41, 5.74) is 0.349. The minimum atomic E-state index is -0.793. The molecule has 1 aromatic rings. The Bertz CT molecular complexity index is 465. The van der Waals surface area contributed by atoms with E-state index in [4.69, 9.17) is 5.11 Å². The van der Waals surface area contributed by atoms with Crippen molar-refractivity contribution < 1.29 is 14.7 Å². The van der Waals surface area contributed by atoms with Crippen molar-refractivity contribution in [2.24, 2.45) is 7.05 Å². The zero-order valence-electron chi connectivity index (χ0n) is 10.8. The van der Waals surface area contributed by atoms with Gasteiger partial charge in [0.1, 0.15) is 0 Å². The number of carboxylic acids is 1. The maximum Gasteiger partial charge on any atom is 0.304 e. The van der Waals surface area contributed by atoms with Gasteiger partial charge in [-0.1, -0.05) is 5.21 Å². The molecule has 1 aromatic heterocycles. The van der Waals surface area contributed by atoms with Crippen LogP contribution in [0.2, 0.25) is 0 Å². The third-order valence-electron chi connectivity index (χ3n) is 3.12. The number of nitrogens with zero attached hydrogens (tertiary/aromatic N) is 5. The molecular weight excluding hydrogens is 250 g/mol. The lowest BCUT2D eigenvalue weighted by Gasteiger charge is -2.33. The number of piperazine rings is 1. The van der Waals surface area contributed by atoms with Gasteiger partial charge in [-0.05, 0) is 0 Å². The molecule has 0 saturated carbocycles. The second-order valence-corrected chi connectivity index (χ2v) is 4.56. The van der Waals surface area contributed by atoms with Crippen LogP contribution in [0, 0.1) is 0 Å². The van der Waals surface area contributed by atoms with Crippen LogP contribution in [0.3, 0.4) is 0 Å². The number of rotatable bonds is 4. The molecule has 19 heavy (non-hydrogen) atoms. The lowest BCUT2D eigenvalue weighted by molar-refractivity contribution is -0.137. The van der Waals surface area contributed by atoms with Crippen LogP contribution in [0.1, 0.15) is 16.9 Å². The van der Waals surface area contributed by atoms with Crippen molar-refractivity contribution in [1.29, 1.82) is 0 Å². The molecule has 8 nitrogen and oxygen atoms in total. The van der Waals surface area contributed by atoms with Crippen LogP contribution in [0.25, 0.3) is 0 Å².